The number of nitrogens with zero attached hydrogens (tertiary/aromatic N) is 1. The molecule has 1 aliphatic rings. The van der Waals surface area contributed by atoms with Crippen molar-refractivity contribution in [3.8, 4) is 0 Å². The van der Waals surface area contributed by atoms with Crippen molar-refractivity contribution in [3.05, 3.63) is 82.1 Å². The number of amides is 2. The van der Waals surface area contributed by atoms with E-state index in [1.165, 1.54) is 30.5 Å². The second-order valence-corrected chi connectivity index (χ2v) is 8.71. The zero-order chi connectivity index (χ0) is 22.9. The Morgan fingerprint density at radius 3 is 2.41 bits per heavy atom. The summed E-state index contributed by atoms with van der Waals surface area (Å²) in [6.07, 6.45) is 7.93. The van der Waals surface area contributed by atoms with E-state index in [9.17, 15) is 14.0 Å². The van der Waals surface area contributed by atoms with Crippen LogP contribution >= 0.6 is 11.6 Å². The minimum atomic E-state index is -0.653. The number of carbonyl (C=O) groups excluding carboxylic acids is 2. The maximum Gasteiger partial charge on any atom is 0.242 e. The van der Waals surface area contributed by atoms with Crippen LogP contribution in [0, 0.1) is 5.82 Å². The zero-order valence-electron chi connectivity index (χ0n) is 18.4. The van der Waals surface area contributed by atoms with E-state index in [0.29, 0.717) is 11.6 Å². The minimum Gasteiger partial charge on any atom is -0.354 e. The Morgan fingerprint density at radius 1 is 1.06 bits per heavy atom. The molecule has 4 nitrogen and oxygen atoms in total. The summed E-state index contributed by atoms with van der Waals surface area (Å²) >= 11 is 5.94. The smallest absolute Gasteiger partial charge is 0.242 e. The molecule has 0 radical (unpaired) electrons. The van der Waals surface area contributed by atoms with Crippen LogP contribution in [0.1, 0.15) is 50.2 Å². The minimum absolute atomic E-state index is 0.156. The van der Waals surface area contributed by atoms with Gasteiger partial charge in [0, 0.05) is 18.1 Å². The van der Waals surface area contributed by atoms with E-state index in [4.69, 9.17) is 11.6 Å². The van der Waals surface area contributed by atoms with Crippen LogP contribution < -0.4 is 5.32 Å². The van der Waals surface area contributed by atoms with Crippen LogP contribution in [0.25, 0.3) is 0 Å². The molecule has 170 valence electrons. The maximum absolute atomic E-state index is 13.3. The monoisotopic (exact) mass is 456 g/mol. The molecule has 0 fully saturated rings. The van der Waals surface area contributed by atoms with E-state index < -0.39 is 6.04 Å². The van der Waals surface area contributed by atoms with Gasteiger partial charge in [-0.15, -0.1) is 0 Å². The number of carbonyl (C=O) groups is 2. The Hall–Kier alpha value is -2.66. The molecule has 2 amide bonds. The fourth-order valence-electron chi connectivity index (χ4n) is 3.87. The van der Waals surface area contributed by atoms with Crippen molar-refractivity contribution in [2.45, 2.75) is 58.0 Å². The van der Waals surface area contributed by atoms with Crippen molar-refractivity contribution in [3.63, 3.8) is 0 Å². The van der Waals surface area contributed by atoms with Gasteiger partial charge in [0.15, 0.2) is 0 Å². The van der Waals surface area contributed by atoms with E-state index in [0.717, 1.165) is 30.4 Å². The van der Waals surface area contributed by atoms with Crippen LogP contribution in [-0.2, 0) is 22.6 Å². The Balaban J connectivity index is 1.67. The van der Waals surface area contributed by atoms with Gasteiger partial charge in [0.25, 0.3) is 0 Å². The number of allylic oxidation sites excluding steroid dienone is 1. The molecular weight excluding hydrogens is 427 g/mol. The molecule has 0 saturated heterocycles. The molecule has 0 bridgehead atoms. The fraction of sp³-hybridized carbons (Fsp3) is 0.385. The van der Waals surface area contributed by atoms with Crippen LogP contribution in [-0.4, -0.2) is 29.3 Å². The molecule has 0 aliphatic heterocycles. The molecule has 2 aromatic rings. The lowest BCUT2D eigenvalue weighted by Crippen LogP contribution is -2.48. The highest BCUT2D eigenvalue weighted by Crippen LogP contribution is 2.19. The van der Waals surface area contributed by atoms with Gasteiger partial charge < -0.3 is 10.2 Å². The summed E-state index contributed by atoms with van der Waals surface area (Å²) in [6, 6.07) is 12.4. The predicted octanol–water partition coefficient (Wildman–Crippen LogP) is 5.45. The van der Waals surface area contributed by atoms with Crippen LogP contribution in [0.4, 0.5) is 4.39 Å². The van der Waals surface area contributed by atoms with Gasteiger partial charge in [0.1, 0.15) is 11.9 Å². The Bertz CT molecular complexity index is 941. The van der Waals surface area contributed by atoms with E-state index >= 15 is 0 Å². The normalized spacial score (nSPS) is 14.4. The Kier molecular flexibility index (Phi) is 8.86. The van der Waals surface area contributed by atoms with E-state index in [2.05, 4.69) is 11.4 Å². The predicted molar refractivity (Wildman–Crippen MR) is 126 cm³/mol. The van der Waals surface area contributed by atoms with Crippen LogP contribution in [0.2, 0.25) is 5.02 Å². The topological polar surface area (TPSA) is 49.4 Å². The van der Waals surface area contributed by atoms with Crippen molar-refractivity contribution in [1.82, 2.24) is 10.2 Å². The Labute approximate surface area is 194 Å². The van der Waals surface area contributed by atoms with Gasteiger partial charge >= 0.3 is 0 Å². The molecule has 0 heterocycles. The maximum atomic E-state index is 13.3. The van der Waals surface area contributed by atoms with Crippen molar-refractivity contribution < 1.29 is 14.0 Å². The van der Waals surface area contributed by atoms with Gasteiger partial charge in [0.2, 0.25) is 11.8 Å². The van der Waals surface area contributed by atoms with Gasteiger partial charge in [-0.05, 0) is 74.4 Å². The number of nitrogens with one attached hydrogen (secondary N) is 1. The van der Waals surface area contributed by atoms with Crippen LogP contribution in [0.15, 0.2) is 60.2 Å². The number of hydrogen-bond acceptors (Lipinski definition) is 2. The molecule has 0 saturated carbocycles. The molecule has 1 N–H and O–H groups in total. The highest BCUT2D eigenvalue weighted by molar-refractivity contribution is 6.30. The lowest BCUT2D eigenvalue weighted by molar-refractivity contribution is -0.140. The van der Waals surface area contributed by atoms with Gasteiger partial charge in [-0.2, -0.15) is 0 Å². The van der Waals surface area contributed by atoms with E-state index in [1.54, 1.807) is 48.2 Å². The first-order valence-corrected chi connectivity index (χ1v) is 11.5. The highest BCUT2D eigenvalue weighted by atomic mass is 35.5. The SMILES string of the molecule is C[C@@H](C(=O)NCCC1=CCCCC1)N(Cc1ccc(F)cc1)C(=O)Cc1ccc(Cl)cc1. The number of benzene rings is 2. The van der Waals surface area contributed by atoms with Gasteiger partial charge in [-0.1, -0.05) is 47.5 Å². The third kappa shape index (κ3) is 7.20. The summed E-state index contributed by atoms with van der Waals surface area (Å²) in [6.45, 7) is 2.52. The molecule has 0 spiro atoms. The average molecular weight is 457 g/mol. The molecule has 6 heteroatoms. The van der Waals surface area contributed by atoms with Crippen LogP contribution in [0.3, 0.4) is 0 Å². The first-order chi connectivity index (χ1) is 15.4. The van der Waals surface area contributed by atoms with Gasteiger partial charge in [-0.25, -0.2) is 4.39 Å². The lowest BCUT2D eigenvalue weighted by atomic mass is 9.97. The summed E-state index contributed by atoms with van der Waals surface area (Å²) in [7, 11) is 0. The second-order valence-electron chi connectivity index (χ2n) is 8.28. The standard InChI is InChI=1S/C26H30ClFN2O2/c1-19(26(32)29-16-15-20-5-3-2-4-6-20)30(18-22-9-13-24(28)14-10-22)25(31)17-21-7-11-23(27)12-8-21/h5,7-14,19H,2-4,6,15-18H2,1H3,(H,29,32)/t19-/m0/s1. The van der Waals surface area contributed by atoms with Gasteiger partial charge in [-0.3, -0.25) is 9.59 Å². The molecule has 2 aromatic carbocycles. The Morgan fingerprint density at radius 2 is 1.75 bits per heavy atom. The molecule has 1 atom stereocenters. The summed E-state index contributed by atoms with van der Waals surface area (Å²) in [4.78, 5) is 27.6. The average Bonchev–Trinajstić information content (AvgIpc) is 2.80. The molecule has 1 aliphatic carbocycles. The van der Waals surface area contributed by atoms with Crippen molar-refractivity contribution in [2.75, 3.05) is 6.54 Å². The number of halogens is 2. The first-order valence-electron chi connectivity index (χ1n) is 11.2. The van der Waals surface area contributed by atoms with Crippen LogP contribution in [0.5, 0.6) is 0 Å². The summed E-state index contributed by atoms with van der Waals surface area (Å²) < 4.78 is 13.3. The van der Waals surface area contributed by atoms with Crippen molar-refractivity contribution in [1.29, 1.82) is 0 Å². The fourth-order valence-corrected chi connectivity index (χ4v) is 4.00. The van der Waals surface area contributed by atoms with E-state index in [1.807, 2.05) is 0 Å². The lowest BCUT2D eigenvalue weighted by Gasteiger charge is -2.29. The number of hydrogen-bond donors (Lipinski definition) is 1. The second kappa shape index (κ2) is 11.8. The third-order valence-corrected chi connectivity index (χ3v) is 6.08. The summed E-state index contributed by atoms with van der Waals surface area (Å²) in [5.41, 5.74) is 2.98. The highest BCUT2D eigenvalue weighted by Gasteiger charge is 2.26. The first kappa shape index (κ1) is 24.0. The molecule has 0 unspecified atom stereocenters. The zero-order valence-corrected chi connectivity index (χ0v) is 19.2. The van der Waals surface area contributed by atoms with Gasteiger partial charge in [0.05, 0.1) is 6.42 Å². The number of rotatable bonds is 9. The third-order valence-electron chi connectivity index (χ3n) is 5.83. The van der Waals surface area contributed by atoms with Crippen molar-refractivity contribution in [2.24, 2.45) is 0 Å². The molecule has 0 aromatic heterocycles. The largest absolute Gasteiger partial charge is 0.354 e. The van der Waals surface area contributed by atoms with Crippen molar-refractivity contribution >= 4 is 23.4 Å². The quantitative estimate of drug-likeness (QED) is 0.510. The summed E-state index contributed by atoms with van der Waals surface area (Å²) in [5, 5.41) is 3.58. The molecule has 32 heavy (non-hydrogen) atoms. The molecular formula is C26H30ClFN2O2. The molecule has 3 rings (SSSR count). The van der Waals surface area contributed by atoms with E-state index in [-0.39, 0.29) is 30.6 Å². The summed E-state index contributed by atoms with van der Waals surface area (Å²) in [5.74, 6) is -0.696.